The summed E-state index contributed by atoms with van der Waals surface area (Å²) >= 11 is 0. The van der Waals surface area contributed by atoms with Crippen LogP contribution in [0.2, 0.25) is 0 Å². The van der Waals surface area contributed by atoms with Crippen molar-refractivity contribution in [2.75, 3.05) is 32.3 Å². The lowest BCUT2D eigenvalue weighted by atomic mass is 10.1. The van der Waals surface area contributed by atoms with Crippen LogP contribution in [0.3, 0.4) is 0 Å². The zero-order chi connectivity index (χ0) is 10.1. The Labute approximate surface area is 78.8 Å². The molecule has 0 saturated heterocycles. The summed E-state index contributed by atoms with van der Waals surface area (Å²) in [5.41, 5.74) is -0.280. The van der Waals surface area contributed by atoms with Crippen molar-refractivity contribution in [2.45, 2.75) is 6.42 Å². The first-order valence-corrected chi connectivity index (χ1v) is 6.27. The van der Waals surface area contributed by atoms with Crippen molar-refractivity contribution in [1.29, 1.82) is 0 Å². The third kappa shape index (κ3) is 2.65. The minimum atomic E-state index is -2.93. The van der Waals surface area contributed by atoms with E-state index in [4.69, 9.17) is 9.84 Å². The Morgan fingerprint density at radius 1 is 1.62 bits per heavy atom. The maximum absolute atomic E-state index is 11.0. The predicted octanol–water partition coefficient (Wildman–Crippen LogP) is -0.324. The molecule has 5 heteroatoms. The first-order chi connectivity index (χ1) is 5.93. The number of ether oxygens (including phenoxy) is 1. The lowest BCUT2D eigenvalue weighted by Gasteiger charge is -2.11. The highest BCUT2D eigenvalue weighted by Crippen LogP contribution is 2.52. The van der Waals surface area contributed by atoms with Gasteiger partial charge in [0.05, 0.1) is 19.0 Å². The number of aliphatic hydroxyl groups is 1. The summed E-state index contributed by atoms with van der Waals surface area (Å²) in [6.07, 6.45) is 1.98. The number of methoxy groups -OCH3 is 1. The molecule has 0 aliphatic heterocycles. The molecule has 0 aromatic rings. The smallest absolute Gasteiger partial charge is 0.147 e. The molecule has 78 valence electrons. The lowest BCUT2D eigenvalue weighted by Crippen LogP contribution is -2.20. The topological polar surface area (TPSA) is 63.6 Å². The van der Waals surface area contributed by atoms with Crippen LogP contribution in [0.4, 0.5) is 0 Å². The highest BCUT2D eigenvalue weighted by atomic mass is 32.2. The molecular formula is C8H16O4S. The summed E-state index contributed by atoms with van der Waals surface area (Å²) in [4.78, 5) is 0. The van der Waals surface area contributed by atoms with E-state index in [0.29, 0.717) is 6.61 Å². The Hall–Kier alpha value is -0.130. The van der Waals surface area contributed by atoms with E-state index in [-0.39, 0.29) is 23.7 Å². The van der Waals surface area contributed by atoms with Crippen LogP contribution >= 0.6 is 0 Å². The fourth-order valence-corrected chi connectivity index (χ4v) is 2.94. The number of aliphatic hydroxyl groups excluding tert-OH is 1. The van der Waals surface area contributed by atoms with E-state index in [1.165, 1.54) is 6.26 Å². The molecule has 0 spiro atoms. The molecule has 2 unspecified atom stereocenters. The van der Waals surface area contributed by atoms with Crippen molar-refractivity contribution in [3.8, 4) is 0 Å². The van der Waals surface area contributed by atoms with E-state index < -0.39 is 9.84 Å². The zero-order valence-corrected chi connectivity index (χ0v) is 8.80. The Morgan fingerprint density at radius 2 is 2.23 bits per heavy atom. The summed E-state index contributed by atoms with van der Waals surface area (Å²) in [7, 11) is -1.36. The van der Waals surface area contributed by atoms with Gasteiger partial charge in [-0.3, -0.25) is 0 Å². The molecule has 1 rings (SSSR count). The Bertz CT molecular complexity index is 272. The van der Waals surface area contributed by atoms with Crippen molar-refractivity contribution in [3.05, 3.63) is 0 Å². The van der Waals surface area contributed by atoms with E-state index in [9.17, 15) is 8.42 Å². The first-order valence-electron chi connectivity index (χ1n) is 4.21. The molecule has 0 heterocycles. The van der Waals surface area contributed by atoms with Gasteiger partial charge in [-0.15, -0.1) is 0 Å². The summed E-state index contributed by atoms with van der Waals surface area (Å²) < 4.78 is 26.9. The largest absolute Gasteiger partial charge is 0.396 e. The van der Waals surface area contributed by atoms with Crippen molar-refractivity contribution in [2.24, 2.45) is 11.3 Å². The number of hydrogen-bond acceptors (Lipinski definition) is 4. The highest BCUT2D eigenvalue weighted by molar-refractivity contribution is 7.90. The molecule has 0 amide bonds. The van der Waals surface area contributed by atoms with E-state index in [1.54, 1.807) is 7.11 Å². The average Bonchev–Trinajstić information content (AvgIpc) is 2.61. The van der Waals surface area contributed by atoms with E-state index in [0.717, 1.165) is 6.42 Å². The maximum atomic E-state index is 11.0. The van der Waals surface area contributed by atoms with Crippen LogP contribution in [0, 0.1) is 11.3 Å². The van der Waals surface area contributed by atoms with Crippen molar-refractivity contribution >= 4 is 9.84 Å². The Kier molecular flexibility index (Phi) is 2.99. The fourth-order valence-electron chi connectivity index (χ4n) is 1.74. The van der Waals surface area contributed by atoms with Gasteiger partial charge < -0.3 is 9.84 Å². The molecule has 4 nitrogen and oxygen atoms in total. The monoisotopic (exact) mass is 208 g/mol. The molecule has 1 N–H and O–H groups in total. The SMILES string of the molecule is COCC1(CO)CC1CS(C)(=O)=O. The quantitative estimate of drug-likeness (QED) is 0.672. The zero-order valence-electron chi connectivity index (χ0n) is 7.99. The lowest BCUT2D eigenvalue weighted by molar-refractivity contribution is 0.0879. The molecule has 1 aliphatic rings. The van der Waals surface area contributed by atoms with Gasteiger partial charge in [0.25, 0.3) is 0 Å². The fraction of sp³-hybridized carbons (Fsp3) is 1.00. The van der Waals surface area contributed by atoms with Crippen LogP contribution in [0.5, 0.6) is 0 Å². The van der Waals surface area contributed by atoms with Crippen molar-refractivity contribution in [1.82, 2.24) is 0 Å². The van der Waals surface area contributed by atoms with Crippen LogP contribution in [0.15, 0.2) is 0 Å². The van der Waals surface area contributed by atoms with Crippen LogP contribution in [-0.4, -0.2) is 45.9 Å². The molecule has 0 bridgehead atoms. The number of hydrogen-bond donors (Lipinski definition) is 1. The summed E-state index contributed by atoms with van der Waals surface area (Å²) in [6, 6.07) is 0. The Morgan fingerprint density at radius 3 is 2.62 bits per heavy atom. The van der Waals surface area contributed by atoms with Gasteiger partial charge in [-0.25, -0.2) is 8.42 Å². The molecule has 2 atom stereocenters. The number of sulfone groups is 1. The molecule has 0 aromatic heterocycles. The maximum Gasteiger partial charge on any atom is 0.147 e. The van der Waals surface area contributed by atoms with Gasteiger partial charge in [-0.1, -0.05) is 0 Å². The molecule has 1 fully saturated rings. The van der Waals surface area contributed by atoms with Crippen molar-refractivity contribution < 1.29 is 18.3 Å². The first kappa shape index (κ1) is 10.9. The molecule has 13 heavy (non-hydrogen) atoms. The predicted molar refractivity (Wildman–Crippen MR) is 49.2 cm³/mol. The second kappa shape index (κ2) is 3.55. The second-order valence-corrected chi connectivity index (χ2v) is 6.13. The standard InChI is InChI=1S/C8H16O4S/c1-12-6-8(5-9)3-7(8)4-13(2,10)11/h7,9H,3-6H2,1-2H3. The van der Waals surface area contributed by atoms with Crippen LogP contribution in [-0.2, 0) is 14.6 Å². The molecule has 1 aliphatic carbocycles. The highest BCUT2D eigenvalue weighted by Gasteiger charge is 2.54. The normalized spacial score (nSPS) is 33.3. The molecule has 0 aromatic carbocycles. The van der Waals surface area contributed by atoms with Gasteiger partial charge in [-0.2, -0.15) is 0 Å². The minimum Gasteiger partial charge on any atom is -0.396 e. The van der Waals surface area contributed by atoms with Crippen LogP contribution in [0.1, 0.15) is 6.42 Å². The van der Waals surface area contributed by atoms with Gasteiger partial charge in [0, 0.05) is 18.8 Å². The van der Waals surface area contributed by atoms with Gasteiger partial charge in [0.15, 0.2) is 0 Å². The van der Waals surface area contributed by atoms with Gasteiger partial charge in [-0.05, 0) is 12.3 Å². The molecule has 0 radical (unpaired) electrons. The van der Waals surface area contributed by atoms with E-state index in [2.05, 4.69) is 0 Å². The number of rotatable bonds is 5. The average molecular weight is 208 g/mol. The summed E-state index contributed by atoms with van der Waals surface area (Å²) in [5.74, 6) is 0.240. The minimum absolute atomic E-state index is 0.0149. The second-order valence-electron chi connectivity index (χ2n) is 3.95. The summed E-state index contributed by atoms with van der Waals surface area (Å²) in [5, 5.41) is 9.08. The van der Waals surface area contributed by atoms with E-state index in [1.807, 2.05) is 0 Å². The van der Waals surface area contributed by atoms with E-state index >= 15 is 0 Å². The Balaban J connectivity index is 2.51. The third-order valence-corrected chi connectivity index (χ3v) is 3.62. The van der Waals surface area contributed by atoms with Crippen LogP contribution in [0.25, 0.3) is 0 Å². The summed E-state index contributed by atoms with van der Waals surface area (Å²) in [6.45, 7) is 0.463. The van der Waals surface area contributed by atoms with Gasteiger partial charge >= 0.3 is 0 Å². The van der Waals surface area contributed by atoms with Crippen LogP contribution < -0.4 is 0 Å². The van der Waals surface area contributed by atoms with Crippen molar-refractivity contribution in [3.63, 3.8) is 0 Å². The molecule has 1 saturated carbocycles. The van der Waals surface area contributed by atoms with Gasteiger partial charge in [0.1, 0.15) is 9.84 Å². The van der Waals surface area contributed by atoms with Gasteiger partial charge in [0.2, 0.25) is 0 Å². The molecular weight excluding hydrogens is 192 g/mol. The third-order valence-electron chi connectivity index (χ3n) is 2.61.